The van der Waals surface area contributed by atoms with Crippen LogP contribution in [-0.2, 0) is 16.1 Å². The molecule has 5 heteroatoms. The average Bonchev–Trinajstić information content (AvgIpc) is 2.84. The van der Waals surface area contributed by atoms with Crippen molar-refractivity contribution in [1.82, 2.24) is 9.80 Å². The Morgan fingerprint density at radius 2 is 2.00 bits per heavy atom. The second-order valence-corrected chi connectivity index (χ2v) is 6.76. The molecule has 2 saturated heterocycles. The van der Waals surface area contributed by atoms with Crippen molar-refractivity contribution < 1.29 is 13.9 Å². The maximum absolute atomic E-state index is 13.0. The van der Waals surface area contributed by atoms with E-state index in [-0.39, 0.29) is 11.2 Å². The van der Waals surface area contributed by atoms with Crippen LogP contribution in [-0.4, -0.2) is 55.6 Å². The number of amides is 1. The molecule has 0 aromatic heterocycles. The lowest BCUT2D eigenvalue weighted by atomic mass is 9.78. The summed E-state index contributed by atoms with van der Waals surface area (Å²) >= 11 is 0. The number of nitrogens with zero attached hydrogens (tertiary/aromatic N) is 2. The Bertz CT molecular complexity index is 548. The Morgan fingerprint density at radius 3 is 2.74 bits per heavy atom. The van der Waals surface area contributed by atoms with Crippen LogP contribution in [0, 0.1) is 11.2 Å². The first-order chi connectivity index (χ1) is 11.1. The molecule has 0 unspecified atom stereocenters. The van der Waals surface area contributed by atoms with E-state index in [0.717, 1.165) is 51.0 Å². The van der Waals surface area contributed by atoms with Crippen LogP contribution in [0.2, 0.25) is 0 Å². The molecule has 126 valence electrons. The molecule has 2 heterocycles. The molecule has 2 aliphatic heterocycles. The quantitative estimate of drug-likeness (QED) is 0.834. The summed E-state index contributed by atoms with van der Waals surface area (Å²) in [6, 6.07) is 6.67. The van der Waals surface area contributed by atoms with Gasteiger partial charge in [0.15, 0.2) is 0 Å². The maximum Gasteiger partial charge on any atom is 0.230 e. The number of likely N-dealkylation sites (tertiary alicyclic amines) is 2. The standard InChI is InChI=1S/C18H25FN2O2/c1-23-12-11-21-10-8-18(17(21)22)7-2-9-20(14-18)13-15-3-5-16(19)6-4-15/h3-6H,2,7-14H2,1H3/t18-/m1/s1. The maximum atomic E-state index is 13.0. The first-order valence-corrected chi connectivity index (χ1v) is 8.38. The number of carbonyl (C=O) groups excluding carboxylic acids is 1. The third-order valence-corrected chi connectivity index (χ3v) is 5.14. The molecule has 2 fully saturated rings. The van der Waals surface area contributed by atoms with Gasteiger partial charge in [0.1, 0.15) is 5.82 Å². The van der Waals surface area contributed by atoms with E-state index in [1.54, 1.807) is 7.11 Å². The highest BCUT2D eigenvalue weighted by Gasteiger charge is 2.48. The molecule has 0 saturated carbocycles. The van der Waals surface area contributed by atoms with Crippen LogP contribution in [0.25, 0.3) is 0 Å². The molecule has 0 N–H and O–H groups in total. The topological polar surface area (TPSA) is 32.8 Å². The summed E-state index contributed by atoms with van der Waals surface area (Å²) in [5, 5.41) is 0. The van der Waals surface area contributed by atoms with E-state index in [1.165, 1.54) is 12.1 Å². The summed E-state index contributed by atoms with van der Waals surface area (Å²) in [5.41, 5.74) is 0.886. The SMILES string of the molecule is COCCN1CC[C@@]2(CCCN(Cc3ccc(F)cc3)C2)C1=O. The highest BCUT2D eigenvalue weighted by atomic mass is 19.1. The lowest BCUT2D eigenvalue weighted by Gasteiger charge is -2.39. The predicted octanol–water partition coefficient (Wildman–Crippen LogP) is 2.29. The highest BCUT2D eigenvalue weighted by molar-refractivity contribution is 5.85. The fraction of sp³-hybridized carbons (Fsp3) is 0.611. The summed E-state index contributed by atoms with van der Waals surface area (Å²) in [6.45, 7) is 4.73. The van der Waals surface area contributed by atoms with Crippen molar-refractivity contribution in [2.24, 2.45) is 5.41 Å². The third kappa shape index (κ3) is 3.56. The number of hydrogen-bond donors (Lipinski definition) is 0. The van der Waals surface area contributed by atoms with Crippen molar-refractivity contribution in [2.75, 3.05) is 39.9 Å². The molecule has 0 aliphatic carbocycles. The van der Waals surface area contributed by atoms with Crippen LogP contribution in [0.5, 0.6) is 0 Å². The van der Waals surface area contributed by atoms with E-state index in [1.807, 2.05) is 17.0 Å². The van der Waals surface area contributed by atoms with E-state index in [9.17, 15) is 9.18 Å². The van der Waals surface area contributed by atoms with E-state index in [4.69, 9.17) is 4.74 Å². The largest absolute Gasteiger partial charge is 0.383 e. The van der Waals surface area contributed by atoms with Crippen LogP contribution < -0.4 is 0 Å². The molecule has 1 atom stereocenters. The molecule has 4 nitrogen and oxygen atoms in total. The van der Waals surface area contributed by atoms with Crippen LogP contribution in [0.4, 0.5) is 4.39 Å². The second kappa shape index (κ2) is 6.97. The number of ether oxygens (including phenoxy) is 1. The summed E-state index contributed by atoms with van der Waals surface area (Å²) < 4.78 is 18.1. The molecule has 0 radical (unpaired) electrons. The Balaban J connectivity index is 1.63. The molecule has 0 bridgehead atoms. The zero-order chi connectivity index (χ0) is 16.3. The number of benzene rings is 1. The van der Waals surface area contributed by atoms with Crippen molar-refractivity contribution in [1.29, 1.82) is 0 Å². The van der Waals surface area contributed by atoms with E-state index in [0.29, 0.717) is 19.1 Å². The average molecular weight is 320 g/mol. The van der Waals surface area contributed by atoms with Gasteiger partial charge in [-0.2, -0.15) is 0 Å². The Kier molecular flexibility index (Phi) is 4.97. The van der Waals surface area contributed by atoms with Crippen molar-refractivity contribution >= 4 is 5.91 Å². The smallest absolute Gasteiger partial charge is 0.230 e. The van der Waals surface area contributed by atoms with Crippen LogP contribution in [0.15, 0.2) is 24.3 Å². The summed E-state index contributed by atoms with van der Waals surface area (Å²) in [7, 11) is 1.67. The van der Waals surface area contributed by atoms with Crippen molar-refractivity contribution in [3.63, 3.8) is 0 Å². The molecule has 1 aromatic rings. The van der Waals surface area contributed by atoms with Crippen LogP contribution in [0.1, 0.15) is 24.8 Å². The molecule has 2 aliphatic rings. The summed E-state index contributed by atoms with van der Waals surface area (Å²) in [4.78, 5) is 17.1. The summed E-state index contributed by atoms with van der Waals surface area (Å²) in [6.07, 6.45) is 2.97. The first kappa shape index (κ1) is 16.4. The zero-order valence-electron chi connectivity index (χ0n) is 13.8. The molecule has 3 rings (SSSR count). The van der Waals surface area contributed by atoms with E-state index < -0.39 is 0 Å². The lowest BCUT2D eigenvalue weighted by Crippen LogP contribution is -2.47. The van der Waals surface area contributed by atoms with Crippen LogP contribution >= 0.6 is 0 Å². The van der Waals surface area contributed by atoms with Gasteiger partial charge < -0.3 is 9.64 Å². The number of methoxy groups -OCH3 is 1. The minimum absolute atomic E-state index is 0.205. The molecular formula is C18H25FN2O2. The summed E-state index contributed by atoms with van der Waals surface area (Å²) in [5.74, 6) is 0.0852. The first-order valence-electron chi connectivity index (χ1n) is 8.38. The number of hydrogen-bond acceptors (Lipinski definition) is 3. The van der Waals surface area contributed by atoms with Crippen molar-refractivity contribution in [3.05, 3.63) is 35.6 Å². The number of piperidine rings is 1. The third-order valence-electron chi connectivity index (χ3n) is 5.14. The Morgan fingerprint density at radius 1 is 1.22 bits per heavy atom. The van der Waals surface area contributed by atoms with Gasteiger partial charge in [-0.25, -0.2) is 4.39 Å². The van der Waals surface area contributed by atoms with Crippen molar-refractivity contribution in [3.8, 4) is 0 Å². The van der Waals surface area contributed by atoms with Gasteiger partial charge in [0.05, 0.1) is 12.0 Å². The fourth-order valence-corrected chi connectivity index (χ4v) is 3.90. The van der Waals surface area contributed by atoms with Gasteiger partial charge in [-0.05, 0) is 43.5 Å². The van der Waals surface area contributed by atoms with Gasteiger partial charge in [0, 0.05) is 33.3 Å². The Labute approximate surface area is 137 Å². The molecule has 1 spiro atoms. The lowest BCUT2D eigenvalue weighted by molar-refractivity contribution is -0.139. The van der Waals surface area contributed by atoms with E-state index in [2.05, 4.69) is 4.90 Å². The highest BCUT2D eigenvalue weighted by Crippen LogP contribution is 2.40. The minimum Gasteiger partial charge on any atom is -0.383 e. The minimum atomic E-state index is -0.216. The number of halogens is 1. The molecule has 1 amide bonds. The molecular weight excluding hydrogens is 295 g/mol. The number of rotatable bonds is 5. The van der Waals surface area contributed by atoms with Gasteiger partial charge in [-0.15, -0.1) is 0 Å². The predicted molar refractivity (Wildman–Crippen MR) is 86.4 cm³/mol. The molecule has 23 heavy (non-hydrogen) atoms. The van der Waals surface area contributed by atoms with Crippen molar-refractivity contribution in [2.45, 2.75) is 25.8 Å². The monoisotopic (exact) mass is 320 g/mol. The van der Waals surface area contributed by atoms with Gasteiger partial charge in [-0.1, -0.05) is 12.1 Å². The second-order valence-electron chi connectivity index (χ2n) is 6.76. The van der Waals surface area contributed by atoms with Gasteiger partial charge >= 0.3 is 0 Å². The van der Waals surface area contributed by atoms with Gasteiger partial charge in [0.2, 0.25) is 5.91 Å². The Hall–Kier alpha value is -1.46. The zero-order valence-corrected chi connectivity index (χ0v) is 13.8. The van der Waals surface area contributed by atoms with Gasteiger partial charge in [-0.3, -0.25) is 9.69 Å². The van der Waals surface area contributed by atoms with Crippen LogP contribution in [0.3, 0.4) is 0 Å². The fourth-order valence-electron chi connectivity index (χ4n) is 3.90. The van der Waals surface area contributed by atoms with E-state index >= 15 is 0 Å². The van der Waals surface area contributed by atoms with Gasteiger partial charge in [0.25, 0.3) is 0 Å². The number of carbonyl (C=O) groups is 1. The molecule has 1 aromatic carbocycles. The normalized spacial score (nSPS) is 25.5.